The smallest absolute Gasteiger partial charge is 0.269 e. The van der Waals surface area contributed by atoms with E-state index in [1.54, 1.807) is 4.90 Å². The number of quaternary nitrogens is 1. The van der Waals surface area contributed by atoms with Gasteiger partial charge in [0.25, 0.3) is 5.56 Å². The summed E-state index contributed by atoms with van der Waals surface area (Å²) in [5.74, 6) is -0.0835. The first-order chi connectivity index (χ1) is 13.7. The van der Waals surface area contributed by atoms with Crippen molar-refractivity contribution < 1.29 is 9.69 Å². The number of likely N-dealkylation sites (tertiary alicyclic amines) is 1. The van der Waals surface area contributed by atoms with Crippen LogP contribution in [-0.2, 0) is 11.3 Å². The van der Waals surface area contributed by atoms with Crippen LogP contribution in [0.15, 0.2) is 35.3 Å². The lowest BCUT2D eigenvalue weighted by molar-refractivity contribution is -0.957. The molecule has 0 atom stereocenters. The number of piperidine rings is 1. The maximum absolute atomic E-state index is 12.8. The zero-order valence-corrected chi connectivity index (χ0v) is 16.6. The molecule has 1 aromatic carbocycles. The van der Waals surface area contributed by atoms with E-state index in [4.69, 9.17) is 0 Å². The normalized spacial score (nSPS) is 20.1. The molecule has 1 amide bonds. The first-order valence-corrected chi connectivity index (χ1v) is 10.7. The molecule has 2 heterocycles. The largest absolute Gasteiger partial charge is 0.348 e. The summed E-state index contributed by atoms with van der Waals surface area (Å²) in [7, 11) is 0. The van der Waals surface area contributed by atoms with E-state index in [1.165, 1.54) is 75.2 Å². The Labute approximate surface area is 165 Å². The number of benzene rings is 1. The highest BCUT2D eigenvalue weighted by atomic mass is 16.2. The molecule has 1 saturated heterocycles. The van der Waals surface area contributed by atoms with Crippen LogP contribution in [0, 0.1) is 0 Å². The van der Waals surface area contributed by atoms with Gasteiger partial charge in [-0.25, -0.2) is 4.98 Å². The molecular formula is C22H31N4O2+. The highest BCUT2D eigenvalue weighted by Crippen LogP contribution is 2.26. The van der Waals surface area contributed by atoms with Crippen LogP contribution < -0.4 is 15.8 Å². The first-order valence-electron chi connectivity index (χ1n) is 10.7. The second-order valence-electron chi connectivity index (χ2n) is 8.45. The summed E-state index contributed by atoms with van der Waals surface area (Å²) in [5, 5.41) is 3.19. The van der Waals surface area contributed by atoms with Gasteiger partial charge in [-0.15, -0.1) is 0 Å². The number of hydrogen-bond acceptors (Lipinski definition) is 3. The van der Waals surface area contributed by atoms with E-state index in [-0.39, 0.29) is 23.6 Å². The Morgan fingerprint density at radius 1 is 1.07 bits per heavy atom. The monoisotopic (exact) mass is 383 g/mol. The van der Waals surface area contributed by atoms with Crippen LogP contribution in [0.25, 0.3) is 11.0 Å². The van der Waals surface area contributed by atoms with Gasteiger partial charge in [0, 0.05) is 12.8 Å². The SMILES string of the molecule is O=C(Cn1c(=O)cnc2ccccc21)NCC1([NH+]2CCCCC2)CCCCC1. The van der Waals surface area contributed by atoms with Crippen LogP contribution in [0.5, 0.6) is 0 Å². The number of para-hydroxylation sites is 2. The number of carbonyl (C=O) groups is 1. The van der Waals surface area contributed by atoms with E-state index in [9.17, 15) is 9.59 Å². The van der Waals surface area contributed by atoms with Crippen molar-refractivity contribution in [2.45, 2.75) is 63.5 Å². The van der Waals surface area contributed by atoms with Gasteiger partial charge < -0.3 is 10.2 Å². The summed E-state index contributed by atoms with van der Waals surface area (Å²) in [5.41, 5.74) is 1.39. The molecule has 0 bridgehead atoms. The van der Waals surface area contributed by atoms with E-state index < -0.39 is 0 Å². The molecular weight excluding hydrogens is 352 g/mol. The van der Waals surface area contributed by atoms with Crippen molar-refractivity contribution in [3.8, 4) is 0 Å². The quantitative estimate of drug-likeness (QED) is 0.817. The van der Waals surface area contributed by atoms with Crippen LogP contribution >= 0.6 is 0 Å². The van der Waals surface area contributed by atoms with Crippen LogP contribution in [0.1, 0.15) is 51.4 Å². The third kappa shape index (κ3) is 3.97. The Balaban J connectivity index is 1.47. The van der Waals surface area contributed by atoms with Gasteiger partial charge in [0.15, 0.2) is 0 Å². The Morgan fingerprint density at radius 2 is 1.79 bits per heavy atom. The maximum Gasteiger partial charge on any atom is 0.269 e. The molecule has 6 heteroatoms. The number of nitrogens with one attached hydrogen (secondary N) is 2. The average Bonchev–Trinajstić information content (AvgIpc) is 2.76. The van der Waals surface area contributed by atoms with Crippen molar-refractivity contribution >= 4 is 16.9 Å². The molecule has 2 aliphatic rings. The minimum Gasteiger partial charge on any atom is -0.348 e. The summed E-state index contributed by atoms with van der Waals surface area (Å²) in [6, 6.07) is 7.46. The molecule has 28 heavy (non-hydrogen) atoms. The zero-order valence-electron chi connectivity index (χ0n) is 16.6. The number of fused-ring (bicyclic) bond motifs is 1. The van der Waals surface area contributed by atoms with Crippen molar-refractivity contribution in [2.75, 3.05) is 19.6 Å². The molecule has 1 saturated carbocycles. The second kappa shape index (κ2) is 8.43. The molecule has 2 aromatic rings. The average molecular weight is 384 g/mol. The van der Waals surface area contributed by atoms with E-state index >= 15 is 0 Å². The predicted octanol–water partition coefficient (Wildman–Crippen LogP) is 1.28. The number of rotatable bonds is 5. The molecule has 1 aliphatic carbocycles. The molecule has 0 radical (unpaired) electrons. The second-order valence-corrected chi connectivity index (χ2v) is 8.45. The van der Waals surface area contributed by atoms with Gasteiger partial charge in [0.1, 0.15) is 12.1 Å². The minimum atomic E-state index is -0.233. The van der Waals surface area contributed by atoms with Gasteiger partial charge in [0.05, 0.1) is 36.9 Å². The summed E-state index contributed by atoms with van der Waals surface area (Å²) < 4.78 is 1.53. The van der Waals surface area contributed by atoms with E-state index in [1.807, 2.05) is 24.3 Å². The Hall–Kier alpha value is -2.21. The fraction of sp³-hybridized carbons (Fsp3) is 0.591. The third-order valence-corrected chi connectivity index (χ3v) is 6.70. The molecule has 2 fully saturated rings. The fourth-order valence-electron chi connectivity index (χ4n) is 5.14. The van der Waals surface area contributed by atoms with Gasteiger partial charge >= 0.3 is 0 Å². The topological polar surface area (TPSA) is 68.4 Å². The van der Waals surface area contributed by atoms with Crippen LogP contribution in [-0.4, -0.2) is 40.6 Å². The van der Waals surface area contributed by atoms with E-state index in [0.717, 1.165) is 12.1 Å². The molecule has 2 N–H and O–H groups in total. The van der Waals surface area contributed by atoms with Gasteiger partial charge in [-0.1, -0.05) is 18.6 Å². The standard InChI is InChI=1S/C22H30N4O2/c27-20(16-26-19-10-4-3-9-18(19)23-15-21(26)28)24-17-22(11-5-1-6-12-22)25-13-7-2-8-14-25/h3-4,9-10,15H,1-2,5-8,11-14,16-17H2,(H,24,27)/p+1. The molecule has 1 aromatic heterocycles. The zero-order chi connectivity index (χ0) is 19.4. The van der Waals surface area contributed by atoms with Crippen molar-refractivity contribution in [3.63, 3.8) is 0 Å². The number of carbonyl (C=O) groups excluding carboxylic acids is 1. The maximum atomic E-state index is 12.8. The minimum absolute atomic E-state index is 0.0489. The van der Waals surface area contributed by atoms with Crippen molar-refractivity contribution in [3.05, 3.63) is 40.8 Å². The predicted molar refractivity (Wildman–Crippen MR) is 109 cm³/mol. The molecule has 0 spiro atoms. The molecule has 4 rings (SSSR count). The Morgan fingerprint density at radius 3 is 2.57 bits per heavy atom. The number of amides is 1. The lowest BCUT2D eigenvalue weighted by Gasteiger charge is -2.45. The highest BCUT2D eigenvalue weighted by Gasteiger charge is 2.42. The lowest BCUT2D eigenvalue weighted by Crippen LogP contribution is -3.22. The van der Waals surface area contributed by atoms with Gasteiger partial charge in [-0.3, -0.25) is 14.2 Å². The highest BCUT2D eigenvalue weighted by molar-refractivity contribution is 5.79. The summed E-state index contributed by atoms with van der Waals surface area (Å²) in [6.45, 7) is 3.22. The first kappa shape index (κ1) is 19.1. The molecule has 150 valence electrons. The molecule has 6 nitrogen and oxygen atoms in total. The van der Waals surface area contributed by atoms with Crippen LogP contribution in [0.3, 0.4) is 0 Å². The Kier molecular flexibility index (Phi) is 5.76. The van der Waals surface area contributed by atoms with Gasteiger partial charge in [-0.2, -0.15) is 0 Å². The van der Waals surface area contributed by atoms with Crippen LogP contribution in [0.4, 0.5) is 0 Å². The van der Waals surface area contributed by atoms with Gasteiger partial charge in [0.2, 0.25) is 5.91 Å². The Bertz CT molecular complexity index is 879. The van der Waals surface area contributed by atoms with Crippen molar-refractivity contribution in [1.82, 2.24) is 14.9 Å². The van der Waals surface area contributed by atoms with E-state index in [2.05, 4.69) is 10.3 Å². The number of aromatic nitrogens is 2. The van der Waals surface area contributed by atoms with Gasteiger partial charge in [-0.05, 0) is 44.2 Å². The third-order valence-electron chi connectivity index (χ3n) is 6.70. The summed E-state index contributed by atoms with van der Waals surface area (Å²) >= 11 is 0. The van der Waals surface area contributed by atoms with Crippen molar-refractivity contribution in [1.29, 1.82) is 0 Å². The lowest BCUT2D eigenvalue weighted by atomic mass is 9.79. The van der Waals surface area contributed by atoms with Crippen LogP contribution in [0.2, 0.25) is 0 Å². The summed E-state index contributed by atoms with van der Waals surface area (Å²) in [6.07, 6.45) is 11.4. The number of nitrogens with zero attached hydrogens (tertiary/aromatic N) is 2. The fourth-order valence-corrected chi connectivity index (χ4v) is 5.14. The van der Waals surface area contributed by atoms with Crippen molar-refractivity contribution in [2.24, 2.45) is 0 Å². The summed E-state index contributed by atoms with van der Waals surface area (Å²) in [4.78, 5) is 30.9. The van der Waals surface area contributed by atoms with E-state index in [0.29, 0.717) is 5.52 Å². The number of hydrogen-bond donors (Lipinski definition) is 2. The molecule has 1 aliphatic heterocycles. The molecule has 0 unspecified atom stereocenters.